The lowest BCUT2D eigenvalue weighted by Crippen LogP contribution is -2.33. The molecule has 0 radical (unpaired) electrons. The van der Waals surface area contributed by atoms with Crippen LogP contribution in [0.1, 0.15) is 26.7 Å². The summed E-state index contributed by atoms with van der Waals surface area (Å²) < 4.78 is 5.01. The van der Waals surface area contributed by atoms with Crippen molar-refractivity contribution in [1.29, 1.82) is 0 Å². The molecule has 0 aromatic carbocycles. The quantitative estimate of drug-likeness (QED) is 0.585. The van der Waals surface area contributed by atoms with Gasteiger partial charge in [-0.25, -0.2) is 0 Å². The van der Waals surface area contributed by atoms with E-state index in [4.69, 9.17) is 4.74 Å². The summed E-state index contributed by atoms with van der Waals surface area (Å²) in [4.78, 5) is 2.36. The zero-order valence-corrected chi connectivity index (χ0v) is 8.26. The van der Waals surface area contributed by atoms with Crippen LogP contribution in [0.3, 0.4) is 0 Å². The maximum Gasteiger partial charge on any atom is 0.0589 e. The van der Waals surface area contributed by atoms with Crippen molar-refractivity contribution in [3.8, 4) is 0 Å². The SMILES string of the molecule is CCC(CC)N(C)CCOC. The summed E-state index contributed by atoms with van der Waals surface area (Å²) in [5.74, 6) is 0. The lowest BCUT2D eigenvalue weighted by atomic mass is 10.1. The average molecular weight is 159 g/mol. The normalized spacial score (nSPS) is 11.5. The Balaban J connectivity index is 3.51. The molecule has 68 valence electrons. The highest BCUT2D eigenvalue weighted by Crippen LogP contribution is 2.04. The Morgan fingerprint density at radius 1 is 1.27 bits per heavy atom. The molecule has 0 N–H and O–H groups in total. The van der Waals surface area contributed by atoms with Gasteiger partial charge in [0.15, 0.2) is 0 Å². The molecule has 0 bridgehead atoms. The third-order valence-corrected chi connectivity index (χ3v) is 2.21. The minimum absolute atomic E-state index is 0.727. The van der Waals surface area contributed by atoms with Gasteiger partial charge in [-0.2, -0.15) is 0 Å². The molecule has 0 saturated heterocycles. The van der Waals surface area contributed by atoms with Gasteiger partial charge in [0.1, 0.15) is 0 Å². The van der Waals surface area contributed by atoms with Gasteiger partial charge in [-0.3, -0.25) is 0 Å². The molecule has 0 aromatic heterocycles. The van der Waals surface area contributed by atoms with Crippen LogP contribution in [-0.4, -0.2) is 38.3 Å². The molecule has 0 saturated carbocycles. The van der Waals surface area contributed by atoms with Crippen LogP contribution in [0.4, 0.5) is 0 Å². The summed E-state index contributed by atoms with van der Waals surface area (Å²) in [7, 11) is 3.91. The maximum atomic E-state index is 5.01. The summed E-state index contributed by atoms with van der Waals surface area (Å²) >= 11 is 0. The highest BCUT2D eigenvalue weighted by atomic mass is 16.5. The van der Waals surface area contributed by atoms with E-state index in [1.54, 1.807) is 7.11 Å². The Labute approximate surface area is 70.5 Å². The van der Waals surface area contributed by atoms with E-state index in [9.17, 15) is 0 Å². The van der Waals surface area contributed by atoms with Crippen molar-refractivity contribution in [1.82, 2.24) is 4.90 Å². The Kier molecular flexibility index (Phi) is 6.57. The summed E-state index contributed by atoms with van der Waals surface area (Å²) in [6.45, 7) is 6.35. The van der Waals surface area contributed by atoms with Gasteiger partial charge < -0.3 is 9.64 Å². The molecule has 0 spiro atoms. The number of rotatable bonds is 6. The first-order valence-corrected chi connectivity index (χ1v) is 4.45. The van der Waals surface area contributed by atoms with Crippen LogP contribution in [0.5, 0.6) is 0 Å². The molecule has 0 fully saturated rings. The number of ether oxygens (including phenoxy) is 1. The van der Waals surface area contributed by atoms with Gasteiger partial charge >= 0.3 is 0 Å². The van der Waals surface area contributed by atoms with Crippen molar-refractivity contribution in [3.05, 3.63) is 0 Å². The van der Waals surface area contributed by atoms with E-state index in [1.165, 1.54) is 12.8 Å². The fourth-order valence-electron chi connectivity index (χ4n) is 1.33. The van der Waals surface area contributed by atoms with Crippen molar-refractivity contribution in [3.63, 3.8) is 0 Å². The maximum absolute atomic E-state index is 5.01. The molecule has 0 heterocycles. The highest BCUT2D eigenvalue weighted by molar-refractivity contribution is 4.64. The summed E-state index contributed by atoms with van der Waals surface area (Å²) in [6, 6.07) is 0.727. The number of hydrogen-bond donors (Lipinski definition) is 0. The number of nitrogens with zero attached hydrogens (tertiary/aromatic N) is 1. The van der Waals surface area contributed by atoms with Crippen LogP contribution in [0.15, 0.2) is 0 Å². The molecule has 0 unspecified atom stereocenters. The Morgan fingerprint density at radius 3 is 2.18 bits per heavy atom. The predicted molar refractivity (Wildman–Crippen MR) is 48.9 cm³/mol. The first kappa shape index (κ1) is 10.9. The standard InChI is InChI=1S/C9H21NO/c1-5-9(6-2)10(3)7-8-11-4/h9H,5-8H2,1-4H3. The van der Waals surface area contributed by atoms with E-state index in [0.29, 0.717) is 0 Å². The summed E-state index contributed by atoms with van der Waals surface area (Å²) in [5, 5.41) is 0. The molecule has 0 rings (SSSR count). The van der Waals surface area contributed by atoms with Crippen LogP contribution in [-0.2, 0) is 4.74 Å². The summed E-state index contributed by atoms with van der Waals surface area (Å²) in [5.41, 5.74) is 0. The Bertz CT molecular complexity index is 81.6. The van der Waals surface area contributed by atoms with E-state index >= 15 is 0 Å². The van der Waals surface area contributed by atoms with Crippen molar-refractivity contribution < 1.29 is 4.74 Å². The Morgan fingerprint density at radius 2 is 1.82 bits per heavy atom. The zero-order valence-electron chi connectivity index (χ0n) is 8.26. The van der Waals surface area contributed by atoms with Crippen molar-refractivity contribution in [2.75, 3.05) is 27.3 Å². The van der Waals surface area contributed by atoms with Crippen LogP contribution >= 0.6 is 0 Å². The summed E-state index contributed by atoms with van der Waals surface area (Å²) in [6.07, 6.45) is 2.47. The number of methoxy groups -OCH3 is 1. The van der Waals surface area contributed by atoms with Crippen LogP contribution < -0.4 is 0 Å². The fourth-order valence-corrected chi connectivity index (χ4v) is 1.33. The molecule has 0 aromatic rings. The van der Waals surface area contributed by atoms with Gasteiger partial charge in [-0.15, -0.1) is 0 Å². The second-order valence-corrected chi connectivity index (χ2v) is 2.94. The molecule has 0 aliphatic rings. The molecule has 0 aliphatic carbocycles. The average Bonchev–Trinajstić information content (AvgIpc) is 2.03. The van der Waals surface area contributed by atoms with E-state index in [2.05, 4.69) is 25.8 Å². The van der Waals surface area contributed by atoms with Crippen LogP contribution in [0.2, 0.25) is 0 Å². The minimum Gasteiger partial charge on any atom is -0.383 e. The van der Waals surface area contributed by atoms with Gasteiger partial charge in [-0.05, 0) is 19.9 Å². The third-order valence-electron chi connectivity index (χ3n) is 2.21. The van der Waals surface area contributed by atoms with E-state index < -0.39 is 0 Å². The monoisotopic (exact) mass is 159 g/mol. The second-order valence-electron chi connectivity index (χ2n) is 2.94. The predicted octanol–water partition coefficient (Wildman–Crippen LogP) is 1.75. The van der Waals surface area contributed by atoms with Gasteiger partial charge in [-0.1, -0.05) is 13.8 Å². The lowest BCUT2D eigenvalue weighted by molar-refractivity contribution is 0.135. The topological polar surface area (TPSA) is 12.5 Å². The van der Waals surface area contributed by atoms with Crippen molar-refractivity contribution in [2.45, 2.75) is 32.7 Å². The highest BCUT2D eigenvalue weighted by Gasteiger charge is 2.08. The molecule has 2 nitrogen and oxygen atoms in total. The first-order valence-electron chi connectivity index (χ1n) is 4.45. The second kappa shape index (κ2) is 6.62. The molecule has 2 heteroatoms. The van der Waals surface area contributed by atoms with E-state index in [1.807, 2.05) is 0 Å². The van der Waals surface area contributed by atoms with Gasteiger partial charge in [0.05, 0.1) is 6.61 Å². The first-order chi connectivity index (χ1) is 5.26. The smallest absolute Gasteiger partial charge is 0.0589 e. The van der Waals surface area contributed by atoms with Gasteiger partial charge in [0.25, 0.3) is 0 Å². The van der Waals surface area contributed by atoms with E-state index in [-0.39, 0.29) is 0 Å². The van der Waals surface area contributed by atoms with Crippen molar-refractivity contribution in [2.24, 2.45) is 0 Å². The molecule has 0 atom stereocenters. The molecule has 0 amide bonds. The van der Waals surface area contributed by atoms with Gasteiger partial charge in [0, 0.05) is 19.7 Å². The molecular formula is C9H21NO. The third kappa shape index (κ3) is 4.38. The van der Waals surface area contributed by atoms with Crippen LogP contribution in [0.25, 0.3) is 0 Å². The largest absolute Gasteiger partial charge is 0.383 e. The van der Waals surface area contributed by atoms with Crippen molar-refractivity contribution >= 4 is 0 Å². The minimum atomic E-state index is 0.727. The zero-order chi connectivity index (χ0) is 8.69. The van der Waals surface area contributed by atoms with E-state index in [0.717, 1.165) is 19.2 Å². The lowest BCUT2D eigenvalue weighted by Gasteiger charge is -2.25. The fraction of sp³-hybridized carbons (Fsp3) is 1.00. The molecule has 11 heavy (non-hydrogen) atoms. The number of hydrogen-bond acceptors (Lipinski definition) is 2. The molecule has 0 aliphatic heterocycles. The van der Waals surface area contributed by atoms with Gasteiger partial charge in [0.2, 0.25) is 0 Å². The Hall–Kier alpha value is -0.0800. The van der Waals surface area contributed by atoms with Crippen LogP contribution in [0, 0.1) is 0 Å². The molecular weight excluding hydrogens is 138 g/mol. The number of likely N-dealkylation sites (N-methyl/N-ethyl adjacent to an activating group) is 1.